The van der Waals surface area contributed by atoms with Crippen LogP contribution in [0.25, 0.3) is 0 Å². The van der Waals surface area contributed by atoms with Crippen LogP contribution < -0.4 is 0 Å². The lowest BCUT2D eigenvalue weighted by molar-refractivity contribution is -0.157. The van der Waals surface area contributed by atoms with Crippen LogP contribution in [0.2, 0.25) is 0 Å². The Morgan fingerprint density at radius 3 is 2.31 bits per heavy atom. The fraction of sp³-hybridized carbons (Fsp3) is 0.909. The Bertz CT molecular complexity index is 226. The van der Waals surface area contributed by atoms with Gasteiger partial charge in [-0.1, -0.05) is 20.8 Å². The number of carbonyl (C=O) groups excluding carboxylic acids is 1. The second kappa shape index (κ2) is 2.73. The van der Waals surface area contributed by atoms with E-state index in [0.717, 1.165) is 25.2 Å². The van der Waals surface area contributed by atoms with E-state index < -0.39 is 0 Å². The lowest BCUT2D eigenvalue weighted by Gasteiger charge is -2.32. The van der Waals surface area contributed by atoms with E-state index in [1.54, 1.807) is 0 Å². The molecule has 2 heteroatoms. The summed E-state index contributed by atoms with van der Waals surface area (Å²) in [5.74, 6) is 0.982. The fourth-order valence-electron chi connectivity index (χ4n) is 2.04. The van der Waals surface area contributed by atoms with Gasteiger partial charge >= 0.3 is 5.97 Å². The third kappa shape index (κ3) is 1.72. The number of esters is 1. The second-order valence-electron chi connectivity index (χ2n) is 5.38. The Labute approximate surface area is 79.7 Å². The van der Waals surface area contributed by atoms with Crippen molar-refractivity contribution in [3.8, 4) is 0 Å². The van der Waals surface area contributed by atoms with Gasteiger partial charge in [-0.15, -0.1) is 0 Å². The molecule has 0 saturated heterocycles. The molecule has 13 heavy (non-hydrogen) atoms. The molecule has 0 amide bonds. The van der Waals surface area contributed by atoms with Crippen LogP contribution in [0.5, 0.6) is 0 Å². The molecule has 0 aromatic rings. The molecule has 0 aliphatic heterocycles. The van der Waals surface area contributed by atoms with Crippen molar-refractivity contribution in [3.63, 3.8) is 0 Å². The van der Waals surface area contributed by atoms with E-state index in [4.69, 9.17) is 4.74 Å². The molecule has 0 unspecified atom stereocenters. The van der Waals surface area contributed by atoms with Gasteiger partial charge in [0.05, 0.1) is 5.92 Å². The maximum absolute atomic E-state index is 11.5. The monoisotopic (exact) mass is 182 g/mol. The van der Waals surface area contributed by atoms with Gasteiger partial charge in [-0.05, 0) is 30.6 Å². The van der Waals surface area contributed by atoms with Crippen molar-refractivity contribution in [1.29, 1.82) is 0 Å². The third-order valence-electron chi connectivity index (χ3n) is 3.41. The lowest BCUT2D eigenvalue weighted by atomic mass is 9.84. The largest absolute Gasteiger partial charge is 0.462 e. The van der Waals surface area contributed by atoms with E-state index >= 15 is 0 Å². The fourth-order valence-corrected chi connectivity index (χ4v) is 2.04. The maximum Gasteiger partial charge on any atom is 0.309 e. The third-order valence-corrected chi connectivity index (χ3v) is 3.41. The minimum atomic E-state index is 0.0434. The summed E-state index contributed by atoms with van der Waals surface area (Å²) in [6.07, 6.45) is 3.38. The van der Waals surface area contributed by atoms with Crippen molar-refractivity contribution in [3.05, 3.63) is 0 Å². The highest BCUT2D eigenvalue weighted by molar-refractivity contribution is 5.76. The zero-order valence-corrected chi connectivity index (χ0v) is 8.67. The highest BCUT2D eigenvalue weighted by Crippen LogP contribution is 2.52. The molecule has 0 aromatic carbocycles. The standard InChI is InChI=1S/C11H18O2/c1-7-4-8(5-7)13-10(12)9-6-11(9,2)3/h7-9H,4-6H2,1-3H3/t7?,8?,9-/m1/s1. The minimum Gasteiger partial charge on any atom is -0.462 e. The predicted octanol–water partition coefficient (Wildman–Crippen LogP) is 2.37. The first kappa shape index (κ1) is 9.04. The van der Waals surface area contributed by atoms with Crippen LogP contribution in [0, 0.1) is 17.3 Å². The first-order valence-electron chi connectivity index (χ1n) is 5.19. The minimum absolute atomic E-state index is 0.0434. The Hall–Kier alpha value is -0.530. The Kier molecular flexibility index (Phi) is 1.90. The van der Waals surface area contributed by atoms with Crippen LogP contribution in [-0.2, 0) is 9.53 Å². The summed E-state index contributed by atoms with van der Waals surface area (Å²) in [7, 11) is 0. The number of rotatable bonds is 2. The average molecular weight is 182 g/mol. The van der Waals surface area contributed by atoms with Crippen LogP contribution in [-0.4, -0.2) is 12.1 Å². The molecule has 0 heterocycles. The summed E-state index contributed by atoms with van der Waals surface area (Å²) in [4.78, 5) is 11.5. The molecule has 2 rings (SSSR count). The van der Waals surface area contributed by atoms with Crippen molar-refractivity contribution in [2.24, 2.45) is 17.3 Å². The summed E-state index contributed by atoms with van der Waals surface area (Å²) in [6.45, 7) is 6.45. The van der Waals surface area contributed by atoms with Gasteiger partial charge < -0.3 is 4.74 Å². The van der Waals surface area contributed by atoms with Gasteiger partial charge in [-0.25, -0.2) is 0 Å². The SMILES string of the molecule is CC1CC(OC(=O)[C@H]2CC2(C)C)C1. The first-order valence-corrected chi connectivity index (χ1v) is 5.19. The average Bonchev–Trinajstić information content (AvgIpc) is 2.56. The molecule has 2 fully saturated rings. The zero-order chi connectivity index (χ0) is 9.64. The highest BCUT2D eigenvalue weighted by atomic mass is 16.5. The first-order chi connectivity index (χ1) is 5.99. The van der Waals surface area contributed by atoms with Crippen LogP contribution in [0.4, 0.5) is 0 Å². The number of carbonyl (C=O) groups is 1. The van der Waals surface area contributed by atoms with E-state index in [2.05, 4.69) is 20.8 Å². The summed E-state index contributed by atoms with van der Waals surface area (Å²) in [5, 5.41) is 0. The van der Waals surface area contributed by atoms with Gasteiger partial charge in [-0.2, -0.15) is 0 Å². The zero-order valence-electron chi connectivity index (χ0n) is 8.67. The van der Waals surface area contributed by atoms with Crippen molar-refractivity contribution in [2.45, 2.75) is 46.1 Å². The van der Waals surface area contributed by atoms with Gasteiger partial charge in [-0.3, -0.25) is 4.79 Å². The van der Waals surface area contributed by atoms with E-state index in [0.29, 0.717) is 0 Å². The van der Waals surface area contributed by atoms with Gasteiger partial charge in [0.15, 0.2) is 0 Å². The second-order valence-corrected chi connectivity index (χ2v) is 5.38. The Morgan fingerprint density at radius 1 is 1.38 bits per heavy atom. The van der Waals surface area contributed by atoms with Crippen molar-refractivity contribution < 1.29 is 9.53 Å². The molecule has 74 valence electrons. The molecule has 2 nitrogen and oxygen atoms in total. The summed E-state index contributed by atoms with van der Waals surface area (Å²) in [6, 6.07) is 0. The maximum atomic E-state index is 11.5. The van der Waals surface area contributed by atoms with Crippen LogP contribution in [0.3, 0.4) is 0 Å². The summed E-state index contributed by atoms with van der Waals surface area (Å²) >= 11 is 0. The molecule has 0 bridgehead atoms. The van der Waals surface area contributed by atoms with Crippen LogP contribution in [0.1, 0.15) is 40.0 Å². The molecule has 0 aromatic heterocycles. The molecule has 2 aliphatic carbocycles. The molecule has 0 radical (unpaired) electrons. The number of hydrogen-bond donors (Lipinski definition) is 0. The summed E-state index contributed by atoms with van der Waals surface area (Å²) < 4.78 is 5.38. The molecule has 2 aliphatic rings. The van der Waals surface area contributed by atoms with Crippen LogP contribution >= 0.6 is 0 Å². The molecule has 0 spiro atoms. The van der Waals surface area contributed by atoms with Crippen molar-refractivity contribution in [1.82, 2.24) is 0 Å². The normalized spacial score (nSPS) is 40.7. The van der Waals surface area contributed by atoms with Gasteiger partial charge in [0.1, 0.15) is 6.10 Å². The van der Waals surface area contributed by atoms with E-state index in [1.807, 2.05) is 0 Å². The van der Waals surface area contributed by atoms with Gasteiger partial charge in [0.2, 0.25) is 0 Å². The smallest absolute Gasteiger partial charge is 0.309 e. The Morgan fingerprint density at radius 2 is 1.92 bits per heavy atom. The quantitative estimate of drug-likeness (QED) is 0.613. The van der Waals surface area contributed by atoms with Gasteiger partial charge in [0, 0.05) is 0 Å². The summed E-state index contributed by atoms with van der Waals surface area (Å²) in [5.41, 5.74) is 0.215. The number of hydrogen-bond acceptors (Lipinski definition) is 2. The molecular formula is C11H18O2. The predicted molar refractivity (Wildman–Crippen MR) is 50.2 cm³/mol. The number of ether oxygens (including phenoxy) is 1. The van der Waals surface area contributed by atoms with Crippen molar-refractivity contribution in [2.75, 3.05) is 0 Å². The topological polar surface area (TPSA) is 26.3 Å². The molecular weight excluding hydrogens is 164 g/mol. The molecule has 2 saturated carbocycles. The van der Waals surface area contributed by atoms with Crippen LogP contribution in [0.15, 0.2) is 0 Å². The molecule has 0 N–H and O–H groups in total. The van der Waals surface area contributed by atoms with E-state index in [-0.39, 0.29) is 23.4 Å². The lowest BCUT2D eigenvalue weighted by Crippen LogP contribution is -2.32. The Balaban J connectivity index is 1.74. The molecule has 1 atom stereocenters. The van der Waals surface area contributed by atoms with E-state index in [1.165, 1.54) is 0 Å². The highest BCUT2D eigenvalue weighted by Gasteiger charge is 2.52. The van der Waals surface area contributed by atoms with E-state index in [9.17, 15) is 4.79 Å². The van der Waals surface area contributed by atoms with Gasteiger partial charge in [0.25, 0.3) is 0 Å². The van der Waals surface area contributed by atoms with Crippen molar-refractivity contribution >= 4 is 5.97 Å².